The first kappa shape index (κ1) is 27.2. The molecule has 3 saturated heterocycles. The number of aliphatic imine (C=N–C) groups is 1. The normalized spacial score (nSPS) is 42.1. The van der Waals surface area contributed by atoms with Gasteiger partial charge in [-0.2, -0.15) is 13.2 Å². The summed E-state index contributed by atoms with van der Waals surface area (Å²) < 4.78 is 50.3. The number of aliphatic hydroxyl groups excluding tert-OH is 3. The highest BCUT2D eigenvalue weighted by atomic mass is 19.4. The molecule has 10 N–H and O–H groups in total. The molecule has 0 unspecified atom stereocenters. The van der Waals surface area contributed by atoms with Crippen molar-refractivity contribution in [2.24, 2.45) is 26.9 Å². The standard InChI is InChI=1S/C22H26F3N7O8/c23-22(24,25)20(31-32-20)9-3-1-8(2-4-9)14(34)28-6-5-27-7-18(37)12-10-15(35)29-17(26)30-19(10)11(33)13(18)40-21(38,39-12)16(19)36/h1-4,10-13,15-16,27,33,35-38H,5-7H2,(H,28,34)(H3,26,29,30)/t10-,11-,12-,13+,15-,16+,18+,19-,21+/m1/s1. The molecular formula is C22H26F3N7O8. The monoisotopic (exact) mass is 573 g/mol. The van der Waals surface area contributed by atoms with E-state index in [4.69, 9.17) is 15.2 Å². The Kier molecular flexibility index (Phi) is 5.80. The second kappa shape index (κ2) is 8.52. The molecule has 218 valence electrons. The molecule has 5 aliphatic heterocycles. The molecule has 40 heavy (non-hydrogen) atoms. The zero-order chi connectivity index (χ0) is 28.9. The van der Waals surface area contributed by atoms with E-state index in [0.29, 0.717) is 0 Å². The van der Waals surface area contributed by atoms with Gasteiger partial charge in [-0.25, -0.2) is 4.99 Å². The molecule has 5 heterocycles. The Hall–Kier alpha value is -2.97. The third-order valence-electron chi connectivity index (χ3n) is 8.21. The Balaban J connectivity index is 1.08. The Morgan fingerprint density at radius 2 is 1.73 bits per heavy atom. The number of guanidine groups is 1. The lowest BCUT2D eigenvalue weighted by Gasteiger charge is -2.71. The molecule has 9 atom stereocenters. The Labute approximate surface area is 222 Å². The summed E-state index contributed by atoms with van der Waals surface area (Å²) in [5.41, 5.74) is -0.838. The predicted octanol–water partition coefficient (Wildman–Crippen LogP) is -3.31. The van der Waals surface area contributed by atoms with Crippen molar-refractivity contribution in [2.45, 2.75) is 59.6 Å². The summed E-state index contributed by atoms with van der Waals surface area (Å²) in [6.07, 6.45) is -12.7. The van der Waals surface area contributed by atoms with E-state index in [1.165, 1.54) is 12.1 Å². The summed E-state index contributed by atoms with van der Waals surface area (Å²) in [5, 5.41) is 69.2. The number of alkyl halides is 3. The largest absolute Gasteiger partial charge is 0.442 e. The molecule has 1 aromatic rings. The highest BCUT2D eigenvalue weighted by molar-refractivity contribution is 5.94. The number of rotatable bonds is 7. The molecule has 4 bridgehead atoms. The maximum Gasteiger partial charge on any atom is 0.442 e. The van der Waals surface area contributed by atoms with E-state index in [1.807, 2.05) is 0 Å². The van der Waals surface area contributed by atoms with E-state index in [9.17, 15) is 43.5 Å². The van der Waals surface area contributed by atoms with Crippen LogP contribution < -0.4 is 21.7 Å². The molecule has 1 aliphatic carbocycles. The van der Waals surface area contributed by atoms with E-state index in [0.717, 1.165) is 12.1 Å². The maximum atomic E-state index is 13.1. The third-order valence-corrected chi connectivity index (χ3v) is 8.21. The molecule has 18 heteroatoms. The zero-order valence-corrected chi connectivity index (χ0v) is 20.4. The minimum atomic E-state index is -4.68. The fourth-order valence-corrected chi connectivity index (χ4v) is 6.21. The molecule has 1 saturated carbocycles. The lowest BCUT2D eigenvalue weighted by atomic mass is 9.55. The SMILES string of the molecule is NC1=N[C@H](O)[C@H]2[C@H]3O[C@]4(O)O[C@@H]([C@@H](O)[C@@]2(N1)[C@@H]4O)[C@]3(O)CNCCNC(=O)c1ccc(C2(C(F)(F)F)N=N2)cc1. The van der Waals surface area contributed by atoms with Crippen molar-refractivity contribution in [1.29, 1.82) is 0 Å². The van der Waals surface area contributed by atoms with Crippen molar-refractivity contribution in [3.63, 3.8) is 0 Å². The van der Waals surface area contributed by atoms with Crippen molar-refractivity contribution in [3.8, 4) is 0 Å². The number of hydrogen-bond donors (Lipinski definition) is 9. The first-order valence-corrected chi connectivity index (χ1v) is 12.3. The van der Waals surface area contributed by atoms with E-state index in [-0.39, 0.29) is 36.7 Å². The lowest BCUT2D eigenvalue weighted by Crippen LogP contribution is -2.95. The van der Waals surface area contributed by atoms with E-state index < -0.39 is 71.4 Å². The van der Waals surface area contributed by atoms with Gasteiger partial charge in [0.05, 0.1) is 5.92 Å². The van der Waals surface area contributed by atoms with Crippen LogP contribution in [-0.4, -0.2) is 111 Å². The van der Waals surface area contributed by atoms with E-state index in [2.05, 4.69) is 31.2 Å². The Bertz CT molecular complexity index is 1280. The number of hydrogen-bond acceptors (Lipinski definition) is 14. The van der Waals surface area contributed by atoms with Gasteiger partial charge in [0.25, 0.3) is 5.91 Å². The number of ether oxygens (including phenoxy) is 2. The first-order valence-electron chi connectivity index (χ1n) is 12.3. The van der Waals surface area contributed by atoms with Crippen LogP contribution in [0.15, 0.2) is 39.5 Å². The summed E-state index contributed by atoms with van der Waals surface area (Å²) in [4.78, 5) is 16.2. The van der Waals surface area contributed by atoms with Crippen molar-refractivity contribution >= 4 is 11.9 Å². The summed E-state index contributed by atoms with van der Waals surface area (Å²) in [5.74, 6) is -4.71. The lowest BCUT2D eigenvalue weighted by molar-refractivity contribution is -0.546. The Morgan fingerprint density at radius 3 is 2.35 bits per heavy atom. The summed E-state index contributed by atoms with van der Waals surface area (Å²) in [6.45, 7) is -0.208. The topological polar surface area (TPSA) is 236 Å². The van der Waals surface area contributed by atoms with Crippen LogP contribution in [0, 0.1) is 5.92 Å². The fourth-order valence-electron chi connectivity index (χ4n) is 6.21. The molecule has 15 nitrogen and oxygen atoms in total. The molecule has 4 fully saturated rings. The maximum absolute atomic E-state index is 13.1. The van der Waals surface area contributed by atoms with Crippen molar-refractivity contribution in [3.05, 3.63) is 35.4 Å². The van der Waals surface area contributed by atoms with Gasteiger partial charge >= 0.3 is 17.8 Å². The number of carbonyl (C=O) groups excluding carboxylic acids is 1. The quantitative estimate of drug-likeness (QED) is 0.146. The van der Waals surface area contributed by atoms with Crippen LogP contribution in [-0.2, 0) is 15.1 Å². The average molecular weight is 573 g/mol. The van der Waals surface area contributed by atoms with Gasteiger partial charge in [0.2, 0.25) is 0 Å². The van der Waals surface area contributed by atoms with Crippen molar-refractivity contribution < 1.29 is 53.0 Å². The Morgan fingerprint density at radius 1 is 1.07 bits per heavy atom. The second-order valence-corrected chi connectivity index (χ2v) is 10.4. The van der Waals surface area contributed by atoms with Gasteiger partial charge in [0.15, 0.2) is 18.3 Å². The summed E-state index contributed by atoms with van der Waals surface area (Å²) in [7, 11) is 0. The van der Waals surface area contributed by atoms with Crippen LogP contribution in [0.2, 0.25) is 0 Å². The summed E-state index contributed by atoms with van der Waals surface area (Å²) >= 11 is 0. The number of halogens is 3. The van der Waals surface area contributed by atoms with Crippen LogP contribution in [0.1, 0.15) is 15.9 Å². The van der Waals surface area contributed by atoms with Gasteiger partial charge < -0.3 is 56.7 Å². The zero-order valence-electron chi connectivity index (χ0n) is 20.4. The number of carbonyl (C=O) groups is 1. The van der Waals surface area contributed by atoms with E-state index >= 15 is 0 Å². The van der Waals surface area contributed by atoms with Crippen LogP contribution >= 0.6 is 0 Å². The van der Waals surface area contributed by atoms with Crippen LogP contribution in [0.3, 0.4) is 0 Å². The van der Waals surface area contributed by atoms with Gasteiger partial charge in [0, 0.05) is 30.8 Å². The fraction of sp³-hybridized carbons (Fsp3) is 0.636. The number of benzene rings is 1. The van der Waals surface area contributed by atoms with Gasteiger partial charge in [-0.1, -0.05) is 12.1 Å². The molecule has 6 aliphatic rings. The van der Waals surface area contributed by atoms with E-state index in [1.54, 1.807) is 0 Å². The molecule has 0 radical (unpaired) electrons. The molecule has 1 spiro atoms. The van der Waals surface area contributed by atoms with Crippen LogP contribution in [0.4, 0.5) is 13.2 Å². The molecule has 7 rings (SSSR count). The first-order chi connectivity index (χ1) is 18.7. The number of nitrogens with two attached hydrogens (primary N) is 1. The van der Waals surface area contributed by atoms with Crippen LogP contribution in [0.25, 0.3) is 0 Å². The number of nitrogens with one attached hydrogen (secondary N) is 3. The van der Waals surface area contributed by atoms with Gasteiger partial charge in [-0.3, -0.25) is 4.79 Å². The molecular weight excluding hydrogens is 547 g/mol. The molecule has 1 amide bonds. The van der Waals surface area contributed by atoms with Crippen molar-refractivity contribution in [2.75, 3.05) is 19.6 Å². The number of aliphatic hydroxyl groups is 5. The average Bonchev–Trinajstić information content (AvgIpc) is 3.70. The number of amides is 1. The highest BCUT2D eigenvalue weighted by Gasteiger charge is 2.82. The highest BCUT2D eigenvalue weighted by Crippen LogP contribution is 2.58. The minimum absolute atomic E-state index is 0.0223. The van der Waals surface area contributed by atoms with Gasteiger partial charge in [0.1, 0.15) is 29.5 Å². The molecule has 0 aromatic heterocycles. The second-order valence-electron chi connectivity index (χ2n) is 10.4. The minimum Gasteiger partial charge on any atom is -0.388 e. The van der Waals surface area contributed by atoms with Crippen LogP contribution in [0.5, 0.6) is 0 Å². The van der Waals surface area contributed by atoms with Gasteiger partial charge in [-0.05, 0) is 12.1 Å². The van der Waals surface area contributed by atoms with Crippen molar-refractivity contribution in [1.82, 2.24) is 16.0 Å². The molecule has 1 aromatic carbocycles. The smallest absolute Gasteiger partial charge is 0.388 e. The number of nitrogens with zero attached hydrogens (tertiary/aromatic N) is 3. The summed E-state index contributed by atoms with van der Waals surface area (Å²) in [6, 6.07) is 4.68. The third kappa shape index (κ3) is 3.54. The van der Waals surface area contributed by atoms with Gasteiger partial charge in [-0.15, -0.1) is 10.2 Å². The predicted molar refractivity (Wildman–Crippen MR) is 123 cm³/mol.